The summed E-state index contributed by atoms with van der Waals surface area (Å²) >= 11 is 0. The highest BCUT2D eigenvalue weighted by Crippen LogP contribution is 2.37. The first-order valence-electron chi connectivity index (χ1n) is 8.41. The minimum atomic E-state index is -0.274. The lowest BCUT2D eigenvalue weighted by atomic mass is 9.70. The molecular weight excluding hydrogens is 296 g/mol. The summed E-state index contributed by atoms with van der Waals surface area (Å²) in [5.41, 5.74) is 3.87. The maximum Gasteiger partial charge on any atom is 0.167 e. The lowest BCUT2D eigenvalue weighted by Crippen LogP contribution is -2.33. The van der Waals surface area contributed by atoms with Gasteiger partial charge < -0.3 is 0 Å². The number of hydrogen-bond acceptors (Lipinski definition) is 2. The van der Waals surface area contributed by atoms with Gasteiger partial charge in [-0.2, -0.15) is 0 Å². The number of hydrogen-bond donors (Lipinski definition) is 0. The average Bonchev–Trinajstić information content (AvgIpc) is 2.64. The van der Waals surface area contributed by atoms with Gasteiger partial charge in [0.15, 0.2) is 11.6 Å². The highest BCUT2D eigenvalue weighted by atomic mass is 16.1. The number of carbonyl (C=O) groups excluding carboxylic acids is 2. The lowest BCUT2D eigenvalue weighted by Gasteiger charge is -2.31. The predicted molar refractivity (Wildman–Crippen MR) is 96.1 cm³/mol. The predicted octanol–water partition coefficient (Wildman–Crippen LogP) is 5.11. The van der Waals surface area contributed by atoms with Gasteiger partial charge in [-0.05, 0) is 26.7 Å². The van der Waals surface area contributed by atoms with Gasteiger partial charge in [0.2, 0.25) is 0 Å². The summed E-state index contributed by atoms with van der Waals surface area (Å²) in [6.45, 7) is 4.15. The molecule has 1 aliphatic rings. The Bertz CT molecular complexity index is 705. The molecule has 0 amide bonds. The van der Waals surface area contributed by atoms with Crippen LogP contribution in [0.15, 0.2) is 71.8 Å². The number of Topliss-reactive ketones (excluding diaryl/α,β-unsaturated/α-hetero) is 2. The van der Waals surface area contributed by atoms with Crippen molar-refractivity contribution in [2.24, 2.45) is 11.8 Å². The minimum Gasteiger partial charge on any atom is -0.294 e. The third-order valence-electron chi connectivity index (χ3n) is 5.06. The van der Waals surface area contributed by atoms with E-state index in [2.05, 4.69) is 13.8 Å². The highest BCUT2D eigenvalue weighted by molar-refractivity contribution is 6.05. The normalized spacial score (nSPS) is 20.8. The van der Waals surface area contributed by atoms with E-state index >= 15 is 0 Å². The molecule has 2 atom stereocenters. The van der Waals surface area contributed by atoms with E-state index in [9.17, 15) is 9.59 Å². The van der Waals surface area contributed by atoms with Gasteiger partial charge >= 0.3 is 0 Å². The fourth-order valence-corrected chi connectivity index (χ4v) is 3.48. The summed E-state index contributed by atoms with van der Waals surface area (Å²) in [5.74, 6) is -0.388. The standard InChI is InChI=1S/C22H22O2/c1-15-13-19(21(23)17-9-5-3-6-10-17)20(14-16(15)2)22(24)18-11-7-4-8-12-18/h3-12,19-20H,13-14H2,1-2H3. The van der Waals surface area contributed by atoms with Crippen molar-refractivity contribution in [1.82, 2.24) is 0 Å². The van der Waals surface area contributed by atoms with Crippen LogP contribution < -0.4 is 0 Å². The quantitative estimate of drug-likeness (QED) is 0.579. The van der Waals surface area contributed by atoms with Gasteiger partial charge in [-0.3, -0.25) is 9.59 Å². The summed E-state index contributed by atoms with van der Waals surface area (Å²) < 4.78 is 0. The molecule has 2 aromatic rings. The van der Waals surface area contributed by atoms with Crippen molar-refractivity contribution in [3.8, 4) is 0 Å². The molecule has 2 heteroatoms. The second-order valence-corrected chi connectivity index (χ2v) is 6.64. The summed E-state index contributed by atoms with van der Waals surface area (Å²) in [6.07, 6.45) is 1.34. The van der Waals surface area contributed by atoms with E-state index in [4.69, 9.17) is 0 Å². The molecule has 2 aromatic carbocycles. The van der Waals surface area contributed by atoms with E-state index in [1.54, 1.807) is 0 Å². The van der Waals surface area contributed by atoms with Crippen molar-refractivity contribution in [3.05, 3.63) is 82.9 Å². The van der Waals surface area contributed by atoms with E-state index in [1.165, 1.54) is 11.1 Å². The molecule has 0 bridgehead atoms. The van der Waals surface area contributed by atoms with E-state index in [0.717, 1.165) is 0 Å². The molecule has 24 heavy (non-hydrogen) atoms. The Morgan fingerprint density at radius 3 is 1.33 bits per heavy atom. The van der Waals surface area contributed by atoms with E-state index in [1.807, 2.05) is 60.7 Å². The third kappa shape index (κ3) is 3.23. The summed E-state index contributed by atoms with van der Waals surface area (Å²) in [5, 5.41) is 0. The van der Waals surface area contributed by atoms with Gasteiger partial charge in [-0.1, -0.05) is 71.8 Å². The van der Waals surface area contributed by atoms with Crippen LogP contribution in [-0.2, 0) is 0 Å². The van der Waals surface area contributed by atoms with Crippen LogP contribution in [0.4, 0.5) is 0 Å². The maximum atomic E-state index is 13.0. The van der Waals surface area contributed by atoms with Crippen LogP contribution in [0.5, 0.6) is 0 Å². The molecule has 0 N–H and O–H groups in total. The van der Waals surface area contributed by atoms with E-state index in [0.29, 0.717) is 24.0 Å². The fourth-order valence-electron chi connectivity index (χ4n) is 3.48. The Morgan fingerprint density at radius 1 is 0.667 bits per heavy atom. The van der Waals surface area contributed by atoms with Gasteiger partial charge in [-0.15, -0.1) is 0 Å². The number of ketones is 2. The smallest absolute Gasteiger partial charge is 0.167 e. The zero-order chi connectivity index (χ0) is 17.1. The Kier molecular flexibility index (Phi) is 4.75. The molecule has 2 nitrogen and oxygen atoms in total. The second-order valence-electron chi connectivity index (χ2n) is 6.64. The van der Waals surface area contributed by atoms with Crippen molar-refractivity contribution in [1.29, 1.82) is 0 Å². The summed E-state index contributed by atoms with van der Waals surface area (Å²) in [6, 6.07) is 18.7. The molecule has 3 rings (SSSR count). The Hall–Kier alpha value is -2.48. The van der Waals surface area contributed by atoms with Crippen molar-refractivity contribution in [3.63, 3.8) is 0 Å². The highest BCUT2D eigenvalue weighted by Gasteiger charge is 2.37. The van der Waals surface area contributed by atoms with Crippen molar-refractivity contribution in [2.75, 3.05) is 0 Å². The third-order valence-corrected chi connectivity index (χ3v) is 5.06. The molecule has 0 aromatic heterocycles. The lowest BCUT2D eigenvalue weighted by molar-refractivity contribution is 0.0753. The largest absolute Gasteiger partial charge is 0.294 e. The number of rotatable bonds is 4. The molecule has 2 unspecified atom stereocenters. The first-order chi connectivity index (χ1) is 11.6. The number of carbonyl (C=O) groups is 2. The average molecular weight is 318 g/mol. The minimum absolute atomic E-state index is 0.0803. The van der Waals surface area contributed by atoms with Crippen LogP contribution in [0.1, 0.15) is 47.4 Å². The van der Waals surface area contributed by atoms with Crippen LogP contribution in [0.3, 0.4) is 0 Å². The summed E-state index contributed by atoms with van der Waals surface area (Å²) in [7, 11) is 0. The molecule has 0 fully saturated rings. The maximum absolute atomic E-state index is 13.0. The second kappa shape index (κ2) is 6.96. The number of benzene rings is 2. The first-order valence-corrected chi connectivity index (χ1v) is 8.41. The Morgan fingerprint density at radius 2 is 1.00 bits per heavy atom. The Labute approximate surface area is 143 Å². The molecule has 0 saturated heterocycles. The molecule has 0 aliphatic heterocycles. The van der Waals surface area contributed by atoms with Crippen LogP contribution in [-0.4, -0.2) is 11.6 Å². The molecule has 122 valence electrons. The van der Waals surface area contributed by atoms with Gasteiger partial charge in [0, 0.05) is 23.0 Å². The zero-order valence-electron chi connectivity index (χ0n) is 14.2. The van der Waals surface area contributed by atoms with Gasteiger partial charge in [0.1, 0.15) is 0 Å². The van der Waals surface area contributed by atoms with Crippen LogP contribution in [0.25, 0.3) is 0 Å². The van der Waals surface area contributed by atoms with Crippen molar-refractivity contribution >= 4 is 11.6 Å². The SMILES string of the molecule is CC1=C(C)CC(C(=O)c2ccccc2)C(C(=O)c2ccccc2)C1. The van der Waals surface area contributed by atoms with Crippen LogP contribution >= 0.6 is 0 Å². The molecule has 1 aliphatic carbocycles. The summed E-state index contributed by atoms with van der Waals surface area (Å²) in [4.78, 5) is 26.0. The molecule has 0 spiro atoms. The van der Waals surface area contributed by atoms with E-state index in [-0.39, 0.29) is 23.4 Å². The molecular formula is C22H22O2. The fraction of sp³-hybridized carbons (Fsp3) is 0.273. The monoisotopic (exact) mass is 318 g/mol. The topological polar surface area (TPSA) is 34.1 Å². The van der Waals surface area contributed by atoms with E-state index < -0.39 is 0 Å². The molecule has 0 saturated carbocycles. The van der Waals surface area contributed by atoms with Crippen LogP contribution in [0.2, 0.25) is 0 Å². The molecule has 0 radical (unpaired) electrons. The van der Waals surface area contributed by atoms with Crippen molar-refractivity contribution < 1.29 is 9.59 Å². The Balaban J connectivity index is 1.95. The van der Waals surface area contributed by atoms with Gasteiger partial charge in [0.25, 0.3) is 0 Å². The number of allylic oxidation sites excluding steroid dienone is 2. The first kappa shape index (κ1) is 16.4. The van der Waals surface area contributed by atoms with Crippen LogP contribution in [0, 0.1) is 11.8 Å². The molecule has 0 heterocycles. The van der Waals surface area contributed by atoms with Gasteiger partial charge in [0.05, 0.1) is 0 Å². The zero-order valence-corrected chi connectivity index (χ0v) is 14.2. The van der Waals surface area contributed by atoms with Gasteiger partial charge in [-0.25, -0.2) is 0 Å². The van der Waals surface area contributed by atoms with Crippen molar-refractivity contribution in [2.45, 2.75) is 26.7 Å².